The summed E-state index contributed by atoms with van der Waals surface area (Å²) in [5.74, 6) is -0.647. The van der Waals surface area contributed by atoms with Gasteiger partial charge in [-0.1, -0.05) is 0 Å². The van der Waals surface area contributed by atoms with E-state index >= 15 is 0 Å². The Hall–Kier alpha value is -0.960. The molecule has 0 bridgehead atoms. The molecule has 0 aromatic carbocycles. The summed E-state index contributed by atoms with van der Waals surface area (Å²) in [6, 6.07) is 0. The van der Waals surface area contributed by atoms with Gasteiger partial charge in [-0.05, 0) is 29.5 Å². The number of halogens is 1. The van der Waals surface area contributed by atoms with Crippen LogP contribution in [0, 0.1) is 10.5 Å². The van der Waals surface area contributed by atoms with E-state index in [1.54, 1.807) is 6.92 Å². The molecule has 6 nitrogen and oxygen atoms in total. The molecule has 7 heteroatoms. The first kappa shape index (κ1) is 13.1. The highest BCUT2D eigenvalue weighted by atomic mass is 127. The molecule has 88 valence electrons. The van der Waals surface area contributed by atoms with Crippen LogP contribution in [0.15, 0.2) is 11.0 Å². The Morgan fingerprint density at radius 1 is 1.69 bits per heavy atom. The second-order valence-corrected chi connectivity index (χ2v) is 4.48. The molecule has 0 fully saturated rings. The lowest BCUT2D eigenvalue weighted by molar-refractivity contribution is -0.139. The Bertz CT molecular complexity index is 457. The van der Waals surface area contributed by atoms with Gasteiger partial charge in [0.05, 0.1) is 22.6 Å². The van der Waals surface area contributed by atoms with Crippen molar-refractivity contribution in [2.24, 2.45) is 0 Å². The Kier molecular flexibility index (Phi) is 4.42. The number of aliphatic hydroxyl groups is 1. The Balaban J connectivity index is 2.93. The van der Waals surface area contributed by atoms with Crippen molar-refractivity contribution in [3.8, 4) is 0 Å². The van der Waals surface area contributed by atoms with Gasteiger partial charge >= 0.3 is 5.97 Å². The number of nitrogens with zero attached hydrogens (tertiary/aromatic N) is 2. The molecule has 0 amide bonds. The van der Waals surface area contributed by atoms with Gasteiger partial charge in [-0.15, -0.1) is 0 Å². The Morgan fingerprint density at radius 3 is 2.88 bits per heavy atom. The van der Waals surface area contributed by atoms with Crippen LogP contribution in [0.25, 0.3) is 0 Å². The van der Waals surface area contributed by atoms with Crippen LogP contribution in [-0.4, -0.2) is 31.8 Å². The van der Waals surface area contributed by atoms with Crippen LogP contribution >= 0.6 is 22.6 Å². The predicted octanol–water partition coefficient (Wildman–Crippen LogP) is -0.00808. The van der Waals surface area contributed by atoms with Crippen molar-refractivity contribution in [3.63, 3.8) is 0 Å². The number of hydrogen-bond acceptors (Lipinski definition) is 4. The zero-order chi connectivity index (χ0) is 12.3. The van der Waals surface area contributed by atoms with Crippen molar-refractivity contribution >= 4 is 28.6 Å². The number of aliphatic hydroxyl groups excluding tert-OH is 1. The maximum atomic E-state index is 11.7. The standard InChI is InChI=1S/C9H11IN2O4/c1-5-11-3-7(10)9(16)12(5)4-6(13)2-8(14)15/h3,6,13H,2,4H2,1H3,(H,14,15). The minimum atomic E-state index is -1.10. The highest BCUT2D eigenvalue weighted by Gasteiger charge is 2.13. The van der Waals surface area contributed by atoms with E-state index in [0.29, 0.717) is 9.39 Å². The number of carboxylic acid groups (broad SMARTS) is 1. The molecule has 1 aromatic rings. The zero-order valence-electron chi connectivity index (χ0n) is 8.55. The summed E-state index contributed by atoms with van der Waals surface area (Å²) >= 11 is 1.85. The maximum absolute atomic E-state index is 11.7. The van der Waals surface area contributed by atoms with Gasteiger partial charge in [-0.3, -0.25) is 14.2 Å². The van der Waals surface area contributed by atoms with E-state index < -0.39 is 18.5 Å². The molecular weight excluding hydrogens is 327 g/mol. The van der Waals surface area contributed by atoms with E-state index in [9.17, 15) is 14.7 Å². The summed E-state index contributed by atoms with van der Waals surface area (Å²) in [5, 5.41) is 17.9. The second-order valence-electron chi connectivity index (χ2n) is 3.32. The fourth-order valence-corrected chi connectivity index (χ4v) is 1.67. The third kappa shape index (κ3) is 3.27. The first-order valence-electron chi connectivity index (χ1n) is 4.53. The van der Waals surface area contributed by atoms with Gasteiger partial charge in [0, 0.05) is 6.20 Å². The average Bonchev–Trinajstić information content (AvgIpc) is 2.17. The molecule has 1 heterocycles. The number of rotatable bonds is 4. The van der Waals surface area contributed by atoms with E-state index in [2.05, 4.69) is 4.98 Å². The van der Waals surface area contributed by atoms with Crippen molar-refractivity contribution in [1.82, 2.24) is 9.55 Å². The van der Waals surface area contributed by atoms with Crippen LogP contribution in [0.4, 0.5) is 0 Å². The molecule has 1 unspecified atom stereocenters. The third-order valence-corrected chi connectivity index (χ3v) is 2.75. The van der Waals surface area contributed by atoms with Crippen LogP contribution in [0.5, 0.6) is 0 Å². The lowest BCUT2D eigenvalue weighted by atomic mass is 10.2. The Morgan fingerprint density at radius 2 is 2.31 bits per heavy atom. The number of aryl methyl sites for hydroxylation is 1. The van der Waals surface area contributed by atoms with Gasteiger partial charge in [0.2, 0.25) is 0 Å². The normalized spacial score (nSPS) is 12.4. The second kappa shape index (κ2) is 5.39. The van der Waals surface area contributed by atoms with Crippen LogP contribution in [0.1, 0.15) is 12.2 Å². The van der Waals surface area contributed by atoms with Gasteiger partial charge in [-0.2, -0.15) is 0 Å². The highest BCUT2D eigenvalue weighted by molar-refractivity contribution is 14.1. The molecule has 0 aliphatic rings. The smallest absolute Gasteiger partial charge is 0.306 e. The van der Waals surface area contributed by atoms with E-state index in [1.165, 1.54) is 10.8 Å². The number of aromatic nitrogens is 2. The minimum absolute atomic E-state index is 0.0548. The molecule has 0 aliphatic carbocycles. The molecule has 0 spiro atoms. The van der Waals surface area contributed by atoms with Crippen molar-refractivity contribution < 1.29 is 15.0 Å². The van der Waals surface area contributed by atoms with E-state index in [-0.39, 0.29) is 12.1 Å². The molecule has 0 saturated heterocycles. The van der Waals surface area contributed by atoms with Crippen LogP contribution in [-0.2, 0) is 11.3 Å². The van der Waals surface area contributed by atoms with Crippen molar-refractivity contribution in [2.75, 3.05) is 0 Å². The molecule has 2 N–H and O–H groups in total. The lowest BCUT2D eigenvalue weighted by Gasteiger charge is -2.12. The summed E-state index contributed by atoms with van der Waals surface area (Å²) in [5.41, 5.74) is -0.266. The van der Waals surface area contributed by atoms with Crippen LogP contribution in [0.3, 0.4) is 0 Å². The Labute approximate surface area is 105 Å². The molecule has 0 saturated carbocycles. The van der Waals surface area contributed by atoms with Gasteiger partial charge in [0.1, 0.15) is 5.82 Å². The molecule has 0 radical (unpaired) electrons. The fourth-order valence-electron chi connectivity index (χ4n) is 1.24. The summed E-state index contributed by atoms with van der Waals surface area (Å²) < 4.78 is 1.71. The fraction of sp³-hybridized carbons (Fsp3) is 0.444. The summed E-state index contributed by atoms with van der Waals surface area (Å²) in [6.45, 7) is 1.58. The van der Waals surface area contributed by atoms with Gasteiger partial charge < -0.3 is 10.2 Å². The molecular formula is C9H11IN2O4. The van der Waals surface area contributed by atoms with Gasteiger partial charge in [0.25, 0.3) is 5.56 Å². The van der Waals surface area contributed by atoms with E-state index in [4.69, 9.17) is 5.11 Å². The molecule has 1 aromatic heterocycles. The molecule has 1 rings (SSSR count). The number of hydrogen-bond donors (Lipinski definition) is 2. The van der Waals surface area contributed by atoms with Crippen LogP contribution < -0.4 is 5.56 Å². The van der Waals surface area contributed by atoms with Crippen molar-refractivity contribution in [1.29, 1.82) is 0 Å². The van der Waals surface area contributed by atoms with Gasteiger partial charge in [0.15, 0.2) is 0 Å². The number of aliphatic carboxylic acids is 1. The number of carboxylic acids is 1. The lowest BCUT2D eigenvalue weighted by Crippen LogP contribution is -2.31. The molecule has 1 atom stereocenters. The molecule has 0 aliphatic heterocycles. The SMILES string of the molecule is Cc1ncc(I)c(=O)n1CC(O)CC(=O)O. The van der Waals surface area contributed by atoms with Crippen LogP contribution in [0.2, 0.25) is 0 Å². The predicted molar refractivity (Wildman–Crippen MR) is 64.2 cm³/mol. The quantitative estimate of drug-likeness (QED) is 0.754. The zero-order valence-corrected chi connectivity index (χ0v) is 10.7. The summed E-state index contributed by atoms with van der Waals surface area (Å²) in [4.78, 5) is 26.0. The first-order chi connectivity index (χ1) is 7.41. The van der Waals surface area contributed by atoms with E-state index in [1.807, 2.05) is 22.6 Å². The monoisotopic (exact) mass is 338 g/mol. The first-order valence-corrected chi connectivity index (χ1v) is 5.61. The van der Waals surface area contributed by atoms with Gasteiger partial charge in [-0.25, -0.2) is 4.98 Å². The third-order valence-electron chi connectivity index (χ3n) is 2.01. The maximum Gasteiger partial charge on any atom is 0.306 e. The molecule has 16 heavy (non-hydrogen) atoms. The largest absolute Gasteiger partial charge is 0.481 e. The topological polar surface area (TPSA) is 92.4 Å². The summed E-state index contributed by atoms with van der Waals surface area (Å²) in [6.07, 6.45) is -0.0377. The van der Waals surface area contributed by atoms with E-state index in [0.717, 1.165) is 0 Å². The minimum Gasteiger partial charge on any atom is -0.481 e. The van der Waals surface area contributed by atoms with Crippen molar-refractivity contribution in [2.45, 2.75) is 26.0 Å². The highest BCUT2D eigenvalue weighted by Crippen LogP contribution is 2.01. The summed E-state index contributed by atoms with van der Waals surface area (Å²) in [7, 11) is 0. The average molecular weight is 338 g/mol. The number of carbonyl (C=O) groups is 1. The van der Waals surface area contributed by atoms with Crippen molar-refractivity contribution in [3.05, 3.63) is 25.9 Å².